The molecule has 0 bridgehead atoms. The molecule has 5 nitrogen and oxygen atoms in total. The standard InChI is InChI=1S/C14H16F3N3O2S/c1-2-12-18-19-13(22-12)10-7-20(3-4-21-10)6-9-5-11(23-8-9)14(15,16)17/h5,8,10H,2-4,6-7H2,1H3. The average molecular weight is 347 g/mol. The maximum absolute atomic E-state index is 12.6. The molecule has 0 saturated carbocycles. The molecule has 0 spiro atoms. The Hall–Kier alpha value is -1.45. The zero-order valence-corrected chi connectivity index (χ0v) is 13.3. The highest BCUT2D eigenvalue weighted by Crippen LogP contribution is 2.34. The summed E-state index contributed by atoms with van der Waals surface area (Å²) >= 11 is 0.725. The second kappa shape index (κ2) is 6.58. The third kappa shape index (κ3) is 3.91. The summed E-state index contributed by atoms with van der Waals surface area (Å²) in [4.78, 5) is 1.47. The van der Waals surface area contributed by atoms with Gasteiger partial charge in [0.25, 0.3) is 0 Å². The van der Waals surface area contributed by atoms with Crippen molar-refractivity contribution in [2.75, 3.05) is 19.7 Å². The first-order valence-electron chi connectivity index (χ1n) is 7.26. The molecule has 1 saturated heterocycles. The van der Waals surface area contributed by atoms with Gasteiger partial charge in [0.15, 0.2) is 0 Å². The van der Waals surface area contributed by atoms with Gasteiger partial charge in [-0.15, -0.1) is 21.5 Å². The Morgan fingerprint density at radius 3 is 2.87 bits per heavy atom. The van der Waals surface area contributed by atoms with Gasteiger partial charge in [0, 0.05) is 26.1 Å². The normalized spacial score (nSPS) is 20.1. The van der Waals surface area contributed by atoms with E-state index in [0.717, 1.165) is 11.3 Å². The van der Waals surface area contributed by atoms with E-state index in [1.54, 1.807) is 5.38 Å². The summed E-state index contributed by atoms with van der Waals surface area (Å²) in [5.74, 6) is 0.973. The van der Waals surface area contributed by atoms with E-state index in [1.807, 2.05) is 11.8 Å². The van der Waals surface area contributed by atoms with Crippen molar-refractivity contribution >= 4 is 11.3 Å². The Balaban J connectivity index is 1.63. The van der Waals surface area contributed by atoms with E-state index in [0.29, 0.717) is 50.0 Å². The first kappa shape index (κ1) is 16.4. The van der Waals surface area contributed by atoms with Gasteiger partial charge >= 0.3 is 6.18 Å². The lowest BCUT2D eigenvalue weighted by Gasteiger charge is -2.30. The van der Waals surface area contributed by atoms with E-state index >= 15 is 0 Å². The van der Waals surface area contributed by atoms with Crippen molar-refractivity contribution in [1.29, 1.82) is 0 Å². The molecule has 1 aliphatic heterocycles. The van der Waals surface area contributed by atoms with Crippen molar-refractivity contribution in [3.63, 3.8) is 0 Å². The number of thiophene rings is 1. The molecule has 2 aromatic rings. The van der Waals surface area contributed by atoms with Gasteiger partial charge < -0.3 is 9.15 Å². The van der Waals surface area contributed by atoms with Crippen LogP contribution < -0.4 is 0 Å². The van der Waals surface area contributed by atoms with Gasteiger partial charge in [-0.1, -0.05) is 6.92 Å². The van der Waals surface area contributed by atoms with E-state index in [1.165, 1.54) is 6.07 Å². The van der Waals surface area contributed by atoms with E-state index in [9.17, 15) is 13.2 Å². The zero-order valence-electron chi connectivity index (χ0n) is 12.5. The van der Waals surface area contributed by atoms with E-state index in [2.05, 4.69) is 10.2 Å². The third-order valence-electron chi connectivity index (χ3n) is 3.55. The van der Waals surface area contributed by atoms with Crippen molar-refractivity contribution in [1.82, 2.24) is 15.1 Å². The van der Waals surface area contributed by atoms with Crippen LogP contribution in [0.15, 0.2) is 15.9 Å². The molecular formula is C14H16F3N3O2S. The van der Waals surface area contributed by atoms with Gasteiger partial charge in [-0.2, -0.15) is 13.2 Å². The molecular weight excluding hydrogens is 331 g/mol. The van der Waals surface area contributed by atoms with Crippen molar-refractivity contribution in [2.45, 2.75) is 32.2 Å². The summed E-state index contributed by atoms with van der Waals surface area (Å²) in [7, 11) is 0. The van der Waals surface area contributed by atoms with E-state index in [-0.39, 0.29) is 6.10 Å². The molecule has 23 heavy (non-hydrogen) atoms. The van der Waals surface area contributed by atoms with Crippen LogP contribution in [0.2, 0.25) is 0 Å². The third-order valence-corrected chi connectivity index (χ3v) is 4.57. The molecule has 0 amide bonds. The monoisotopic (exact) mass is 347 g/mol. The van der Waals surface area contributed by atoms with Crippen LogP contribution >= 0.6 is 11.3 Å². The number of nitrogens with zero attached hydrogens (tertiary/aromatic N) is 3. The fourth-order valence-electron chi connectivity index (χ4n) is 2.40. The summed E-state index contributed by atoms with van der Waals surface area (Å²) in [5, 5.41) is 9.44. The smallest absolute Gasteiger partial charge is 0.422 e. The fraction of sp³-hybridized carbons (Fsp3) is 0.571. The highest BCUT2D eigenvalue weighted by atomic mass is 32.1. The molecule has 0 N–H and O–H groups in total. The predicted octanol–water partition coefficient (Wildman–Crippen LogP) is 3.29. The lowest BCUT2D eigenvalue weighted by molar-refractivity contribution is -0.134. The van der Waals surface area contributed by atoms with Gasteiger partial charge in [0.1, 0.15) is 11.0 Å². The summed E-state index contributed by atoms with van der Waals surface area (Å²) < 4.78 is 49.1. The van der Waals surface area contributed by atoms with Crippen LogP contribution in [0, 0.1) is 0 Å². The number of aromatic nitrogens is 2. The second-order valence-corrected chi connectivity index (χ2v) is 6.21. The Morgan fingerprint density at radius 2 is 2.22 bits per heavy atom. The number of hydrogen-bond acceptors (Lipinski definition) is 6. The minimum absolute atomic E-state index is 0.336. The van der Waals surface area contributed by atoms with Crippen LogP contribution in [-0.4, -0.2) is 34.8 Å². The van der Waals surface area contributed by atoms with E-state index < -0.39 is 11.1 Å². The molecule has 3 rings (SSSR count). The molecule has 0 radical (unpaired) electrons. The lowest BCUT2D eigenvalue weighted by Crippen LogP contribution is -2.37. The van der Waals surface area contributed by atoms with Crippen LogP contribution in [0.4, 0.5) is 13.2 Å². The van der Waals surface area contributed by atoms with Crippen molar-refractivity contribution in [2.24, 2.45) is 0 Å². The fourth-order valence-corrected chi connectivity index (χ4v) is 3.17. The van der Waals surface area contributed by atoms with Crippen LogP contribution in [0.3, 0.4) is 0 Å². The average Bonchev–Trinajstić information content (AvgIpc) is 3.15. The van der Waals surface area contributed by atoms with Crippen molar-refractivity contribution < 1.29 is 22.3 Å². The van der Waals surface area contributed by atoms with Crippen molar-refractivity contribution in [3.05, 3.63) is 33.7 Å². The van der Waals surface area contributed by atoms with Crippen LogP contribution in [0.1, 0.15) is 35.2 Å². The number of aryl methyl sites for hydroxylation is 1. The Kier molecular flexibility index (Phi) is 4.69. The highest BCUT2D eigenvalue weighted by Gasteiger charge is 2.33. The largest absolute Gasteiger partial charge is 0.425 e. The van der Waals surface area contributed by atoms with Gasteiger partial charge in [0.05, 0.1) is 6.61 Å². The maximum Gasteiger partial charge on any atom is 0.425 e. The first-order chi connectivity index (χ1) is 11.0. The Morgan fingerprint density at radius 1 is 1.39 bits per heavy atom. The first-order valence-corrected chi connectivity index (χ1v) is 8.14. The number of alkyl halides is 3. The van der Waals surface area contributed by atoms with E-state index in [4.69, 9.17) is 9.15 Å². The number of rotatable bonds is 4. The lowest BCUT2D eigenvalue weighted by atomic mass is 10.2. The molecule has 1 fully saturated rings. The van der Waals surface area contributed by atoms with Gasteiger partial charge in [-0.3, -0.25) is 4.90 Å². The summed E-state index contributed by atoms with van der Waals surface area (Å²) in [6.45, 7) is 4.01. The molecule has 2 aromatic heterocycles. The molecule has 3 heterocycles. The maximum atomic E-state index is 12.6. The molecule has 0 aliphatic carbocycles. The van der Waals surface area contributed by atoms with Gasteiger partial charge in [0.2, 0.25) is 11.8 Å². The summed E-state index contributed by atoms with van der Waals surface area (Å²) in [6.07, 6.45) is -3.97. The zero-order chi connectivity index (χ0) is 16.4. The minimum Gasteiger partial charge on any atom is -0.422 e. The second-order valence-electron chi connectivity index (χ2n) is 5.30. The Bertz CT molecular complexity index is 656. The molecule has 126 valence electrons. The molecule has 1 aliphatic rings. The molecule has 9 heteroatoms. The topological polar surface area (TPSA) is 51.4 Å². The number of halogens is 3. The van der Waals surface area contributed by atoms with Crippen LogP contribution in [0.5, 0.6) is 0 Å². The number of ether oxygens (including phenoxy) is 1. The SMILES string of the molecule is CCc1nnc(C2CN(Cc3csc(C(F)(F)F)c3)CCO2)o1. The molecule has 0 aromatic carbocycles. The predicted molar refractivity (Wildman–Crippen MR) is 77.0 cm³/mol. The van der Waals surface area contributed by atoms with Gasteiger partial charge in [-0.05, 0) is 17.0 Å². The number of hydrogen-bond donors (Lipinski definition) is 0. The minimum atomic E-state index is -4.28. The summed E-state index contributed by atoms with van der Waals surface area (Å²) in [5.41, 5.74) is 0.655. The molecule has 1 atom stereocenters. The Labute approximate surface area is 135 Å². The quantitative estimate of drug-likeness (QED) is 0.849. The molecule has 1 unspecified atom stereocenters. The van der Waals surface area contributed by atoms with Crippen LogP contribution in [0.25, 0.3) is 0 Å². The summed E-state index contributed by atoms with van der Waals surface area (Å²) in [6, 6.07) is 1.21. The van der Waals surface area contributed by atoms with Crippen molar-refractivity contribution in [3.8, 4) is 0 Å². The number of morpholine rings is 1. The highest BCUT2D eigenvalue weighted by molar-refractivity contribution is 7.10. The van der Waals surface area contributed by atoms with Gasteiger partial charge in [-0.25, -0.2) is 0 Å². The van der Waals surface area contributed by atoms with Crippen LogP contribution in [-0.2, 0) is 23.9 Å².